The van der Waals surface area contributed by atoms with Crippen LogP contribution in [-0.2, 0) is 6.54 Å². The lowest BCUT2D eigenvalue weighted by molar-refractivity contribution is 0.479. The van der Waals surface area contributed by atoms with E-state index in [1.165, 1.54) is 0 Å². The van der Waals surface area contributed by atoms with E-state index in [2.05, 4.69) is 40.1 Å². The van der Waals surface area contributed by atoms with E-state index < -0.39 is 0 Å². The molecule has 0 saturated heterocycles. The molecule has 0 amide bonds. The first-order valence-corrected chi connectivity index (χ1v) is 7.93. The quantitative estimate of drug-likeness (QED) is 0.822. The Balaban J connectivity index is 2.01. The number of pyridine rings is 1. The van der Waals surface area contributed by atoms with Gasteiger partial charge in [-0.05, 0) is 49.2 Å². The van der Waals surface area contributed by atoms with Gasteiger partial charge in [0.25, 0.3) is 0 Å². The van der Waals surface area contributed by atoms with E-state index in [-0.39, 0.29) is 0 Å². The van der Waals surface area contributed by atoms with Gasteiger partial charge in [0, 0.05) is 23.3 Å². The van der Waals surface area contributed by atoms with Gasteiger partial charge in [-0.15, -0.1) is 0 Å². The topological polar surface area (TPSA) is 34.1 Å². The van der Waals surface area contributed by atoms with Crippen molar-refractivity contribution < 1.29 is 4.74 Å². The molecule has 2 aromatic rings. The second-order valence-corrected chi connectivity index (χ2v) is 6.38. The predicted octanol–water partition coefficient (Wildman–Crippen LogP) is 4.69. The first kappa shape index (κ1) is 16.0. The molecule has 1 aromatic heterocycles. The largest absolute Gasteiger partial charge is 0.457 e. The monoisotopic (exact) mass is 348 g/mol. The molecular weight excluding hydrogens is 328 g/mol. The number of halogens is 1. The molecule has 2 rings (SSSR count). The average Bonchev–Trinajstić information content (AvgIpc) is 2.43. The predicted molar refractivity (Wildman–Crippen MR) is 89.7 cm³/mol. The summed E-state index contributed by atoms with van der Waals surface area (Å²) < 4.78 is 6.98. The van der Waals surface area contributed by atoms with E-state index in [1.54, 1.807) is 6.20 Å². The van der Waals surface area contributed by atoms with Crippen LogP contribution in [0.4, 0.5) is 0 Å². The minimum absolute atomic E-state index is 0.634. The van der Waals surface area contributed by atoms with Crippen LogP contribution in [0.3, 0.4) is 0 Å². The van der Waals surface area contributed by atoms with Gasteiger partial charge in [0.1, 0.15) is 11.5 Å². The Hall–Kier alpha value is -1.39. The molecule has 0 aliphatic heterocycles. The van der Waals surface area contributed by atoms with Gasteiger partial charge in [-0.1, -0.05) is 29.8 Å². The maximum Gasteiger partial charge on any atom is 0.130 e. The highest BCUT2D eigenvalue weighted by atomic mass is 79.9. The Kier molecular flexibility index (Phi) is 5.76. The van der Waals surface area contributed by atoms with E-state index in [0.29, 0.717) is 5.92 Å². The van der Waals surface area contributed by atoms with Crippen LogP contribution >= 0.6 is 15.9 Å². The first-order chi connectivity index (χ1) is 10.0. The molecule has 0 unspecified atom stereocenters. The smallest absolute Gasteiger partial charge is 0.130 e. The zero-order valence-corrected chi connectivity index (χ0v) is 14.3. The fourth-order valence-electron chi connectivity index (χ4n) is 1.92. The lowest BCUT2D eigenvalue weighted by atomic mass is 10.2. The highest BCUT2D eigenvalue weighted by molar-refractivity contribution is 9.10. The molecular formula is C17H21BrN2O. The van der Waals surface area contributed by atoms with Crippen LogP contribution in [0, 0.1) is 12.8 Å². The summed E-state index contributed by atoms with van der Waals surface area (Å²) in [6.07, 6.45) is 1.79. The second kappa shape index (κ2) is 7.57. The molecule has 0 atom stereocenters. The van der Waals surface area contributed by atoms with Crippen LogP contribution in [0.5, 0.6) is 11.5 Å². The third-order valence-corrected chi connectivity index (χ3v) is 3.90. The summed E-state index contributed by atoms with van der Waals surface area (Å²) in [4.78, 5) is 4.36. The molecule has 1 N–H and O–H groups in total. The van der Waals surface area contributed by atoms with Crippen LogP contribution in [-0.4, -0.2) is 11.5 Å². The van der Waals surface area contributed by atoms with Crippen molar-refractivity contribution in [1.82, 2.24) is 10.3 Å². The van der Waals surface area contributed by atoms with Crippen molar-refractivity contribution in [2.45, 2.75) is 27.3 Å². The second-order valence-electron chi connectivity index (χ2n) is 5.52. The molecule has 112 valence electrons. The van der Waals surface area contributed by atoms with Crippen LogP contribution in [0.1, 0.15) is 25.1 Å². The summed E-state index contributed by atoms with van der Waals surface area (Å²) in [5, 5.41) is 3.38. The van der Waals surface area contributed by atoms with Gasteiger partial charge in [-0.3, -0.25) is 4.98 Å². The minimum Gasteiger partial charge on any atom is -0.457 e. The third kappa shape index (κ3) is 5.14. The molecule has 4 heteroatoms. The van der Waals surface area contributed by atoms with Crippen molar-refractivity contribution in [2.75, 3.05) is 6.54 Å². The lowest BCUT2D eigenvalue weighted by Gasteiger charge is -2.10. The Morgan fingerprint density at radius 3 is 2.67 bits per heavy atom. The van der Waals surface area contributed by atoms with E-state index >= 15 is 0 Å². The molecule has 0 aliphatic carbocycles. The molecule has 0 aliphatic rings. The molecule has 3 nitrogen and oxygen atoms in total. The van der Waals surface area contributed by atoms with Gasteiger partial charge < -0.3 is 10.1 Å². The molecule has 21 heavy (non-hydrogen) atoms. The molecule has 0 saturated carbocycles. The zero-order valence-electron chi connectivity index (χ0n) is 12.7. The van der Waals surface area contributed by atoms with Gasteiger partial charge in [-0.25, -0.2) is 0 Å². The minimum atomic E-state index is 0.634. The number of hydrogen-bond acceptors (Lipinski definition) is 3. The van der Waals surface area contributed by atoms with Crippen molar-refractivity contribution >= 4 is 15.9 Å². The number of aromatic nitrogens is 1. The SMILES string of the molecule is Cc1cc(Oc2ccnc(CNCC(C)C)c2)ccc1Br. The Labute approximate surface area is 134 Å². The van der Waals surface area contributed by atoms with E-state index in [4.69, 9.17) is 4.74 Å². The van der Waals surface area contributed by atoms with Gasteiger partial charge in [0.15, 0.2) is 0 Å². The maximum absolute atomic E-state index is 5.89. The van der Waals surface area contributed by atoms with E-state index in [1.807, 2.05) is 37.3 Å². The van der Waals surface area contributed by atoms with Gasteiger partial charge in [-0.2, -0.15) is 0 Å². The highest BCUT2D eigenvalue weighted by Crippen LogP contribution is 2.26. The lowest BCUT2D eigenvalue weighted by Crippen LogP contribution is -2.19. The van der Waals surface area contributed by atoms with Gasteiger partial charge >= 0.3 is 0 Å². The summed E-state index contributed by atoms with van der Waals surface area (Å²) >= 11 is 3.49. The number of aryl methyl sites for hydroxylation is 1. The maximum atomic E-state index is 5.89. The van der Waals surface area contributed by atoms with Crippen molar-refractivity contribution in [2.24, 2.45) is 5.92 Å². The van der Waals surface area contributed by atoms with Crippen molar-refractivity contribution in [3.8, 4) is 11.5 Å². The molecule has 0 bridgehead atoms. The molecule has 1 aromatic carbocycles. The number of ether oxygens (including phenoxy) is 1. The molecule has 0 spiro atoms. The molecule has 1 heterocycles. The van der Waals surface area contributed by atoms with Crippen molar-refractivity contribution in [3.05, 3.63) is 52.3 Å². The summed E-state index contributed by atoms with van der Waals surface area (Å²) in [5.74, 6) is 2.28. The summed E-state index contributed by atoms with van der Waals surface area (Å²) in [6, 6.07) is 9.82. The number of benzene rings is 1. The third-order valence-electron chi connectivity index (χ3n) is 3.01. The van der Waals surface area contributed by atoms with E-state index in [0.717, 1.165) is 40.3 Å². The number of rotatable bonds is 6. The van der Waals surface area contributed by atoms with Gasteiger partial charge in [0.2, 0.25) is 0 Å². The van der Waals surface area contributed by atoms with Crippen LogP contribution in [0.2, 0.25) is 0 Å². The summed E-state index contributed by atoms with van der Waals surface area (Å²) in [5.41, 5.74) is 2.14. The Morgan fingerprint density at radius 1 is 1.19 bits per heavy atom. The molecule has 0 fully saturated rings. The Morgan fingerprint density at radius 2 is 1.95 bits per heavy atom. The van der Waals surface area contributed by atoms with Crippen LogP contribution in [0.25, 0.3) is 0 Å². The molecule has 0 radical (unpaired) electrons. The standard InChI is InChI=1S/C17H21BrN2O/c1-12(2)10-19-11-14-9-16(6-7-20-14)21-15-4-5-17(18)13(3)8-15/h4-9,12,19H,10-11H2,1-3H3. The fraction of sp³-hybridized carbons (Fsp3) is 0.353. The van der Waals surface area contributed by atoms with Crippen LogP contribution in [0.15, 0.2) is 41.0 Å². The summed E-state index contributed by atoms with van der Waals surface area (Å²) in [7, 11) is 0. The number of nitrogens with zero attached hydrogens (tertiary/aromatic N) is 1. The van der Waals surface area contributed by atoms with Gasteiger partial charge in [0.05, 0.1) is 5.69 Å². The average molecular weight is 349 g/mol. The normalized spacial score (nSPS) is 10.9. The number of hydrogen-bond donors (Lipinski definition) is 1. The van der Waals surface area contributed by atoms with Crippen LogP contribution < -0.4 is 10.1 Å². The van der Waals surface area contributed by atoms with E-state index in [9.17, 15) is 0 Å². The van der Waals surface area contributed by atoms with Crippen molar-refractivity contribution in [3.63, 3.8) is 0 Å². The highest BCUT2D eigenvalue weighted by Gasteiger charge is 2.03. The zero-order chi connectivity index (χ0) is 15.2. The fourth-order valence-corrected chi connectivity index (χ4v) is 2.17. The van der Waals surface area contributed by atoms with Crippen molar-refractivity contribution in [1.29, 1.82) is 0 Å². The Bertz CT molecular complexity index is 599. The summed E-state index contributed by atoms with van der Waals surface area (Å²) in [6.45, 7) is 8.17. The first-order valence-electron chi connectivity index (χ1n) is 7.14. The number of nitrogens with one attached hydrogen (secondary N) is 1.